The zero-order chi connectivity index (χ0) is 21.2. The van der Waals surface area contributed by atoms with E-state index in [0.717, 1.165) is 63.5 Å². The average Bonchev–Trinajstić information content (AvgIpc) is 3.33. The van der Waals surface area contributed by atoms with Crippen molar-refractivity contribution in [3.63, 3.8) is 0 Å². The number of hydrogen-bond acceptors (Lipinski definition) is 5. The van der Waals surface area contributed by atoms with Gasteiger partial charge in [-0.25, -0.2) is 4.39 Å². The number of carbonyl (C=O) groups excluding carboxylic acids is 1. The molecule has 7 heteroatoms. The van der Waals surface area contributed by atoms with Gasteiger partial charge < -0.3 is 20.1 Å². The fraction of sp³-hybridized carbons (Fsp3) is 0.375. The van der Waals surface area contributed by atoms with Gasteiger partial charge in [0.1, 0.15) is 18.2 Å². The number of nitrogens with one attached hydrogen (secondary N) is 2. The van der Waals surface area contributed by atoms with E-state index in [1.165, 1.54) is 17.7 Å². The summed E-state index contributed by atoms with van der Waals surface area (Å²) in [5.74, 6) is -0.0907. The third-order valence-electron chi connectivity index (χ3n) is 6.04. The maximum atomic E-state index is 13.8. The van der Waals surface area contributed by atoms with Crippen molar-refractivity contribution in [1.82, 2.24) is 10.2 Å². The Labute approximate surface area is 181 Å². The zero-order valence-corrected chi connectivity index (χ0v) is 17.4. The second kappa shape index (κ2) is 8.78. The molecule has 0 saturated carbocycles. The predicted molar refractivity (Wildman–Crippen MR) is 117 cm³/mol. The maximum absolute atomic E-state index is 13.8. The number of benzene rings is 2. The molecule has 3 aliphatic heterocycles. The second-order valence-corrected chi connectivity index (χ2v) is 8.08. The molecule has 0 unspecified atom stereocenters. The van der Waals surface area contributed by atoms with Crippen LogP contribution in [0.1, 0.15) is 22.3 Å². The van der Waals surface area contributed by atoms with Crippen LogP contribution in [0.15, 0.2) is 36.4 Å². The highest BCUT2D eigenvalue weighted by atomic mass is 19.1. The molecule has 162 valence electrons. The van der Waals surface area contributed by atoms with Crippen molar-refractivity contribution in [2.24, 2.45) is 0 Å². The third kappa shape index (κ3) is 4.21. The van der Waals surface area contributed by atoms with Crippen LogP contribution in [0.4, 0.5) is 10.1 Å². The molecule has 2 aromatic rings. The Balaban J connectivity index is 1.24. The maximum Gasteiger partial charge on any atom is 0.260 e. The van der Waals surface area contributed by atoms with Gasteiger partial charge in [-0.15, -0.1) is 0 Å². The summed E-state index contributed by atoms with van der Waals surface area (Å²) in [4.78, 5) is 15.0. The molecule has 0 aliphatic carbocycles. The molecule has 3 aliphatic rings. The van der Waals surface area contributed by atoms with Gasteiger partial charge in [0.2, 0.25) is 0 Å². The molecule has 0 atom stereocenters. The van der Waals surface area contributed by atoms with Gasteiger partial charge in [0.15, 0.2) is 0 Å². The van der Waals surface area contributed by atoms with Crippen molar-refractivity contribution in [3.05, 3.63) is 64.5 Å². The van der Waals surface area contributed by atoms with E-state index in [0.29, 0.717) is 29.2 Å². The van der Waals surface area contributed by atoms with Crippen LogP contribution in [0.2, 0.25) is 0 Å². The van der Waals surface area contributed by atoms with Crippen molar-refractivity contribution >= 4 is 22.9 Å². The Hall–Kier alpha value is -2.74. The lowest BCUT2D eigenvalue weighted by molar-refractivity contribution is -0.110. The number of amides is 1. The highest BCUT2D eigenvalue weighted by molar-refractivity contribution is 6.36. The second-order valence-electron chi connectivity index (χ2n) is 8.08. The van der Waals surface area contributed by atoms with Crippen LogP contribution in [0, 0.1) is 5.82 Å². The van der Waals surface area contributed by atoms with Crippen molar-refractivity contribution < 1.29 is 18.7 Å². The summed E-state index contributed by atoms with van der Waals surface area (Å²) in [5.41, 5.74) is 4.78. The first-order chi connectivity index (χ1) is 15.2. The average molecular weight is 423 g/mol. The van der Waals surface area contributed by atoms with E-state index >= 15 is 0 Å². The minimum atomic E-state index is -0.372. The van der Waals surface area contributed by atoms with E-state index in [1.54, 1.807) is 6.07 Å². The van der Waals surface area contributed by atoms with Crippen molar-refractivity contribution in [3.8, 4) is 0 Å². The number of hydrogen-bond donors (Lipinski definition) is 2. The Morgan fingerprint density at radius 3 is 2.81 bits per heavy atom. The molecule has 0 radical (unpaired) electrons. The lowest BCUT2D eigenvalue weighted by Crippen LogP contribution is -2.40. The van der Waals surface area contributed by atoms with E-state index < -0.39 is 0 Å². The molecule has 31 heavy (non-hydrogen) atoms. The van der Waals surface area contributed by atoms with Crippen molar-refractivity contribution in [2.75, 3.05) is 51.3 Å². The van der Waals surface area contributed by atoms with E-state index in [1.807, 2.05) is 6.07 Å². The first-order valence-corrected chi connectivity index (χ1v) is 10.8. The van der Waals surface area contributed by atoms with Crippen LogP contribution in [0.3, 0.4) is 0 Å². The number of anilines is 1. The van der Waals surface area contributed by atoms with Gasteiger partial charge in [-0.2, -0.15) is 0 Å². The number of nitrogens with zero attached hydrogens (tertiary/aromatic N) is 1. The molecule has 1 fully saturated rings. The van der Waals surface area contributed by atoms with E-state index in [2.05, 4.69) is 27.7 Å². The van der Waals surface area contributed by atoms with Crippen LogP contribution in [0.25, 0.3) is 11.3 Å². The standard InChI is InChI=1S/C24H26FN3O3/c25-18-2-4-21-20(14-18)22(24(29)27-21)23-19-3-1-16(13-17(19)15-31-23)5-6-26-7-8-28-9-11-30-12-10-28/h1-4,13-14,26H,5-12,15H2,(H,27,29). The van der Waals surface area contributed by atoms with Gasteiger partial charge in [-0.3, -0.25) is 9.69 Å². The minimum absolute atomic E-state index is 0.253. The highest BCUT2D eigenvalue weighted by Gasteiger charge is 2.32. The van der Waals surface area contributed by atoms with E-state index in [4.69, 9.17) is 9.47 Å². The number of halogens is 1. The smallest absolute Gasteiger partial charge is 0.260 e. The fourth-order valence-corrected chi connectivity index (χ4v) is 4.36. The number of rotatable bonds is 6. The first-order valence-electron chi connectivity index (χ1n) is 10.8. The summed E-state index contributed by atoms with van der Waals surface area (Å²) >= 11 is 0. The monoisotopic (exact) mass is 423 g/mol. The van der Waals surface area contributed by atoms with Crippen molar-refractivity contribution in [1.29, 1.82) is 0 Å². The highest BCUT2D eigenvalue weighted by Crippen LogP contribution is 2.41. The number of morpholine rings is 1. The minimum Gasteiger partial charge on any atom is -0.487 e. The Morgan fingerprint density at radius 2 is 1.94 bits per heavy atom. The third-order valence-corrected chi connectivity index (χ3v) is 6.04. The molecule has 1 saturated heterocycles. The molecular formula is C24H26FN3O3. The van der Waals surface area contributed by atoms with Crippen LogP contribution in [-0.2, 0) is 27.3 Å². The first kappa shape index (κ1) is 20.2. The quantitative estimate of drug-likeness (QED) is 0.553. The molecular weight excluding hydrogens is 397 g/mol. The molecule has 0 spiro atoms. The van der Waals surface area contributed by atoms with Gasteiger partial charge in [0, 0.05) is 48.6 Å². The summed E-state index contributed by atoms with van der Waals surface area (Å²) in [6.45, 7) is 7.03. The van der Waals surface area contributed by atoms with Gasteiger partial charge in [0.25, 0.3) is 5.91 Å². The summed E-state index contributed by atoms with van der Waals surface area (Å²) in [7, 11) is 0. The van der Waals surface area contributed by atoms with Gasteiger partial charge >= 0.3 is 0 Å². The lowest BCUT2D eigenvalue weighted by Gasteiger charge is -2.26. The molecule has 2 aromatic carbocycles. The lowest BCUT2D eigenvalue weighted by atomic mass is 9.98. The van der Waals surface area contributed by atoms with Crippen LogP contribution >= 0.6 is 0 Å². The largest absolute Gasteiger partial charge is 0.487 e. The molecule has 0 aromatic heterocycles. The normalized spacial score (nSPS) is 20.4. The number of ether oxygens (including phenoxy) is 2. The molecule has 3 heterocycles. The molecule has 5 rings (SSSR count). The van der Waals surface area contributed by atoms with Crippen LogP contribution in [0.5, 0.6) is 0 Å². The molecule has 1 amide bonds. The van der Waals surface area contributed by atoms with E-state index in [-0.39, 0.29) is 11.7 Å². The topological polar surface area (TPSA) is 62.8 Å². The SMILES string of the molecule is O=C1Nc2ccc(F)cc2C1=C1OCc2cc(CCNCCN3CCOCC3)ccc21. The summed E-state index contributed by atoms with van der Waals surface area (Å²) in [6.07, 6.45) is 0.927. The summed E-state index contributed by atoms with van der Waals surface area (Å²) in [5, 5.41) is 6.31. The van der Waals surface area contributed by atoms with Gasteiger partial charge in [-0.1, -0.05) is 18.2 Å². The fourth-order valence-electron chi connectivity index (χ4n) is 4.36. The molecule has 6 nitrogen and oxygen atoms in total. The Morgan fingerprint density at radius 1 is 1.06 bits per heavy atom. The Bertz CT molecular complexity index is 1030. The van der Waals surface area contributed by atoms with Crippen LogP contribution in [-0.4, -0.2) is 56.7 Å². The summed E-state index contributed by atoms with van der Waals surface area (Å²) < 4.78 is 25.0. The Kier molecular flexibility index (Phi) is 5.72. The summed E-state index contributed by atoms with van der Waals surface area (Å²) in [6, 6.07) is 10.5. The van der Waals surface area contributed by atoms with Crippen LogP contribution < -0.4 is 10.6 Å². The zero-order valence-electron chi connectivity index (χ0n) is 17.4. The predicted octanol–water partition coefficient (Wildman–Crippen LogP) is 2.64. The molecule has 2 N–H and O–H groups in total. The molecule has 0 bridgehead atoms. The van der Waals surface area contributed by atoms with Crippen molar-refractivity contribution in [2.45, 2.75) is 13.0 Å². The van der Waals surface area contributed by atoms with Gasteiger partial charge in [0.05, 0.1) is 18.8 Å². The van der Waals surface area contributed by atoms with Gasteiger partial charge in [-0.05, 0) is 36.7 Å². The van der Waals surface area contributed by atoms with E-state index in [9.17, 15) is 9.18 Å². The number of fused-ring (bicyclic) bond motifs is 2. The number of carbonyl (C=O) groups is 1.